The van der Waals surface area contributed by atoms with E-state index in [9.17, 15) is 14.4 Å². The SMILES string of the molecule is CCNC(=O)Nc1ccc(Cc2nc(N3CC4C(NC(=O)c5[nH]c(C)c(Cl)c5Cl)[C@H]4C3)sc2C(=O)OCC)cc1. The molecule has 3 amide bonds. The molecule has 3 heterocycles. The van der Waals surface area contributed by atoms with Gasteiger partial charge in [0.05, 0.1) is 22.3 Å². The van der Waals surface area contributed by atoms with Crippen molar-refractivity contribution in [3.8, 4) is 0 Å². The van der Waals surface area contributed by atoms with Crippen LogP contribution in [-0.2, 0) is 11.2 Å². The molecule has 2 fully saturated rings. The number of aromatic amines is 1. The van der Waals surface area contributed by atoms with Gasteiger partial charge in [0.2, 0.25) is 0 Å². The number of thiazole rings is 1. The fraction of sp³-hybridized carbons (Fsp3) is 0.407. The first kappa shape index (κ1) is 28.3. The molecule has 2 unspecified atom stereocenters. The van der Waals surface area contributed by atoms with E-state index in [0.29, 0.717) is 39.9 Å². The van der Waals surface area contributed by atoms with Gasteiger partial charge in [0, 0.05) is 55.3 Å². The van der Waals surface area contributed by atoms with Gasteiger partial charge in [0.15, 0.2) is 5.13 Å². The average molecular weight is 606 g/mol. The third-order valence-electron chi connectivity index (χ3n) is 7.11. The fourth-order valence-corrected chi connectivity index (χ4v) is 6.44. The molecule has 1 aromatic carbocycles. The normalized spacial score (nSPS) is 19.2. The summed E-state index contributed by atoms with van der Waals surface area (Å²) in [4.78, 5) is 47.7. The number of benzene rings is 1. The third-order valence-corrected chi connectivity index (χ3v) is 9.20. The van der Waals surface area contributed by atoms with Gasteiger partial charge in [0.25, 0.3) is 5.91 Å². The number of ether oxygens (including phenoxy) is 1. The highest BCUT2D eigenvalue weighted by atomic mass is 35.5. The number of rotatable bonds is 9. The molecule has 0 bridgehead atoms. The topological polar surface area (TPSA) is 128 Å². The van der Waals surface area contributed by atoms with Crippen molar-refractivity contribution < 1.29 is 19.1 Å². The van der Waals surface area contributed by atoms with Crippen LogP contribution >= 0.6 is 34.5 Å². The van der Waals surface area contributed by atoms with Gasteiger partial charge in [-0.25, -0.2) is 14.6 Å². The molecule has 3 atom stereocenters. The summed E-state index contributed by atoms with van der Waals surface area (Å²) in [6.45, 7) is 7.66. The Labute approximate surface area is 245 Å². The number of fused-ring (bicyclic) bond motifs is 1. The van der Waals surface area contributed by atoms with Gasteiger partial charge in [-0.1, -0.05) is 46.7 Å². The summed E-state index contributed by atoms with van der Waals surface area (Å²) in [5.74, 6) is -0.0726. The molecule has 0 spiro atoms. The Morgan fingerprint density at radius 1 is 1.12 bits per heavy atom. The number of carbonyl (C=O) groups is 3. The number of aryl methyl sites for hydroxylation is 1. The largest absolute Gasteiger partial charge is 0.462 e. The summed E-state index contributed by atoms with van der Waals surface area (Å²) in [5.41, 5.74) is 3.22. The minimum absolute atomic E-state index is 0.0534. The molecule has 40 heavy (non-hydrogen) atoms. The molecule has 2 aromatic heterocycles. The van der Waals surface area contributed by atoms with Gasteiger partial charge >= 0.3 is 12.0 Å². The third kappa shape index (κ3) is 5.77. The number of hydrogen-bond donors (Lipinski definition) is 4. The van der Waals surface area contributed by atoms with Crippen LogP contribution in [0.1, 0.15) is 51.0 Å². The van der Waals surface area contributed by atoms with Crippen molar-refractivity contribution in [2.24, 2.45) is 11.8 Å². The first-order chi connectivity index (χ1) is 19.2. The van der Waals surface area contributed by atoms with E-state index in [1.165, 1.54) is 11.3 Å². The van der Waals surface area contributed by atoms with Gasteiger partial charge in [-0.15, -0.1) is 0 Å². The molecule has 5 rings (SSSR count). The quantitative estimate of drug-likeness (QED) is 0.258. The zero-order chi connectivity index (χ0) is 28.6. The summed E-state index contributed by atoms with van der Waals surface area (Å²) >= 11 is 13.6. The van der Waals surface area contributed by atoms with Gasteiger partial charge in [0.1, 0.15) is 10.6 Å². The van der Waals surface area contributed by atoms with Gasteiger partial charge in [-0.3, -0.25) is 4.79 Å². The summed E-state index contributed by atoms with van der Waals surface area (Å²) < 4.78 is 5.31. The van der Waals surface area contributed by atoms with Gasteiger partial charge < -0.3 is 30.6 Å². The highest BCUT2D eigenvalue weighted by Gasteiger charge is 2.57. The second kappa shape index (κ2) is 11.7. The minimum atomic E-state index is -0.387. The smallest absolute Gasteiger partial charge is 0.350 e. The van der Waals surface area contributed by atoms with E-state index in [1.54, 1.807) is 13.8 Å². The number of piperidine rings is 1. The summed E-state index contributed by atoms with van der Waals surface area (Å²) in [6.07, 6.45) is 0.449. The summed E-state index contributed by atoms with van der Waals surface area (Å²) in [6, 6.07) is 7.23. The number of esters is 1. The van der Waals surface area contributed by atoms with Gasteiger partial charge in [-0.2, -0.15) is 0 Å². The van der Waals surface area contributed by atoms with Crippen LogP contribution in [0, 0.1) is 18.8 Å². The molecule has 3 aromatic rings. The van der Waals surface area contributed by atoms with Crippen molar-refractivity contribution in [2.45, 2.75) is 33.2 Å². The Bertz CT molecular complexity index is 1430. The molecule has 1 aliphatic heterocycles. The van der Waals surface area contributed by atoms with Crippen LogP contribution in [0.15, 0.2) is 24.3 Å². The molecule has 212 valence electrons. The Balaban J connectivity index is 1.24. The van der Waals surface area contributed by atoms with E-state index < -0.39 is 0 Å². The molecule has 10 nitrogen and oxygen atoms in total. The minimum Gasteiger partial charge on any atom is -0.462 e. The molecule has 2 aliphatic rings. The van der Waals surface area contributed by atoms with E-state index in [2.05, 4.69) is 25.8 Å². The predicted octanol–water partition coefficient (Wildman–Crippen LogP) is 4.86. The number of nitrogens with zero attached hydrogens (tertiary/aromatic N) is 2. The molecule has 1 saturated carbocycles. The van der Waals surface area contributed by atoms with Crippen LogP contribution in [0.4, 0.5) is 15.6 Å². The lowest BCUT2D eigenvalue weighted by atomic mass is 10.1. The highest BCUT2D eigenvalue weighted by Crippen LogP contribution is 2.48. The molecule has 0 radical (unpaired) electrons. The van der Waals surface area contributed by atoms with E-state index in [0.717, 1.165) is 23.8 Å². The summed E-state index contributed by atoms with van der Waals surface area (Å²) in [5, 5.41) is 9.90. The molecule has 1 saturated heterocycles. The lowest BCUT2D eigenvalue weighted by Crippen LogP contribution is -2.34. The zero-order valence-electron chi connectivity index (χ0n) is 22.3. The number of halogens is 2. The lowest BCUT2D eigenvalue weighted by Gasteiger charge is -2.19. The second-order valence-corrected chi connectivity index (χ2v) is 11.6. The van der Waals surface area contributed by atoms with Crippen LogP contribution in [0.2, 0.25) is 10.0 Å². The van der Waals surface area contributed by atoms with Crippen LogP contribution < -0.4 is 20.9 Å². The number of nitrogens with one attached hydrogen (secondary N) is 4. The fourth-order valence-electron chi connectivity index (χ4n) is 5.03. The zero-order valence-corrected chi connectivity index (χ0v) is 24.6. The van der Waals surface area contributed by atoms with Gasteiger partial charge in [-0.05, 0) is 38.5 Å². The number of anilines is 2. The van der Waals surface area contributed by atoms with Crippen LogP contribution in [0.3, 0.4) is 0 Å². The van der Waals surface area contributed by atoms with Crippen molar-refractivity contribution >= 4 is 63.3 Å². The van der Waals surface area contributed by atoms with Crippen LogP contribution in [0.5, 0.6) is 0 Å². The molecular formula is C27H30Cl2N6O4S. The van der Waals surface area contributed by atoms with Crippen molar-refractivity contribution in [3.63, 3.8) is 0 Å². The molecule has 4 N–H and O–H groups in total. The predicted molar refractivity (Wildman–Crippen MR) is 156 cm³/mol. The maximum absolute atomic E-state index is 12.8. The lowest BCUT2D eigenvalue weighted by molar-refractivity contribution is 0.0530. The standard InChI is InChI=1S/C27H30Cl2N6O4S/c1-4-30-26(38)32-15-8-6-14(7-9-15)10-18-23(25(37)39-5-2)40-27(33-18)35-11-16-17(12-35)21(16)34-24(36)22-20(29)19(28)13(3)31-22/h6-9,16-17,21,31H,4-5,10-12H2,1-3H3,(H,34,36)(H2,30,32,38)/t16-,17?,21?/m0/s1. The number of carbonyl (C=O) groups excluding carboxylic acids is 3. The Morgan fingerprint density at radius 2 is 1.82 bits per heavy atom. The van der Waals surface area contributed by atoms with E-state index >= 15 is 0 Å². The highest BCUT2D eigenvalue weighted by molar-refractivity contribution is 7.17. The van der Waals surface area contributed by atoms with Crippen LogP contribution in [0.25, 0.3) is 0 Å². The first-order valence-electron chi connectivity index (χ1n) is 13.1. The number of H-pyrrole nitrogens is 1. The maximum atomic E-state index is 12.8. The van der Waals surface area contributed by atoms with Crippen molar-refractivity contribution in [3.05, 3.63) is 61.8 Å². The van der Waals surface area contributed by atoms with E-state index in [1.807, 2.05) is 31.2 Å². The molecule has 13 heteroatoms. The second-order valence-electron chi connectivity index (χ2n) is 9.84. The molecular weight excluding hydrogens is 575 g/mol. The molecule has 1 aliphatic carbocycles. The Kier molecular flexibility index (Phi) is 8.25. The Hall–Kier alpha value is -3.28. The van der Waals surface area contributed by atoms with Crippen molar-refractivity contribution in [1.29, 1.82) is 0 Å². The van der Waals surface area contributed by atoms with E-state index in [4.69, 9.17) is 32.9 Å². The average Bonchev–Trinajstić information content (AvgIpc) is 3.27. The number of aromatic nitrogens is 2. The number of urea groups is 1. The van der Waals surface area contributed by atoms with E-state index in [-0.39, 0.29) is 53.1 Å². The van der Waals surface area contributed by atoms with Crippen LogP contribution in [-0.4, -0.2) is 60.2 Å². The monoisotopic (exact) mass is 604 g/mol. The number of amides is 3. The number of hydrogen-bond acceptors (Lipinski definition) is 7. The Morgan fingerprint density at radius 3 is 2.42 bits per heavy atom. The first-order valence-corrected chi connectivity index (χ1v) is 14.7. The van der Waals surface area contributed by atoms with Crippen molar-refractivity contribution in [1.82, 2.24) is 20.6 Å². The maximum Gasteiger partial charge on any atom is 0.350 e. The van der Waals surface area contributed by atoms with Crippen molar-refractivity contribution in [2.75, 3.05) is 36.5 Å². The summed E-state index contributed by atoms with van der Waals surface area (Å²) in [7, 11) is 0.